The Balaban J connectivity index is 1.96. The Morgan fingerprint density at radius 1 is 1.10 bits per heavy atom. The standard InChI is InChI=1S/C18H17IN2/c1-20-18(14-5-4-6-15(19)11-14)12-13-9-10-21-17-8-3-2-7-16(13)17/h2-11,18,20H,12H2,1H3. The van der Waals surface area contributed by atoms with Crippen molar-refractivity contribution in [2.24, 2.45) is 0 Å². The monoisotopic (exact) mass is 388 g/mol. The van der Waals surface area contributed by atoms with Gasteiger partial charge in [0.2, 0.25) is 0 Å². The number of nitrogens with one attached hydrogen (secondary N) is 1. The Morgan fingerprint density at radius 3 is 2.76 bits per heavy atom. The third kappa shape index (κ3) is 3.24. The zero-order valence-corrected chi connectivity index (χ0v) is 14.0. The molecule has 1 atom stereocenters. The average molecular weight is 388 g/mol. The number of pyridine rings is 1. The summed E-state index contributed by atoms with van der Waals surface area (Å²) in [5.41, 5.74) is 3.72. The molecule has 0 aliphatic rings. The summed E-state index contributed by atoms with van der Waals surface area (Å²) < 4.78 is 1.27. The molecule has 0 bridgehead atoms. The molecule has 0 spiro atoms. The quantitative estimate of drug-likeness (QED) is 0.673. The minimum atomic E-state index is 0.311. The first-order chi connectivity index (χ1) is 10.3. The highest BCUT2D eigenvalue weighted by Crippen LogP contribution is 2.24. The van der Waals surface area contributed by atoms with E-state index in [1.807, 2.05) is 19.3 Å². The van der Waals surface area contributed by atoms with Crippen LogP contribution in [0.3, 0.4) is 0 Å². The van der Waals surface area contributed by atoms with Crippen LogP contribution < -0.4 is 5.32 Å². The van der Waals surface area contributed by atoms with Gasteiger partial charge in [0.25, 0.3) is 0 Å². The Labute approximate surface area is 138 Å². The smallest absolute Gasteiger partial charge is 0.0704 e. The van der Waals surface area contributed by atoms with Crippen molar-refractivity contribution in [1.82, 2.24) is 10.3 Å². The molecule has 0 aliphatic carbocycles. The van der Waals surface area contributed by atoms with E-state index in [9.17, 15) is 0 Å². The molecule has 0 radical (unpaired) electrons. The van der Waals surface area contributed by atoms with Crippen molar-refractivity contribution < 1.29 is 0 Å². The third-order valence-electron chi connectivity index (χ3n) is 3.76. The average Bonchev–Trinajstić information content (AvgIpc) is 2.52. The Morgan fingerprint density at radius 2 is 1.95 bits per heavy atom. The van der Waals surface area contributed by atoms with Crippen LogP contribution in [0, 0.1) is 3.57 Å². The molecule has 106 valence electrons. The lowest BCUT2D eigenvalue weighted by Crippen LogP contribution is -2.19. The SMILES string of the molecule is CNC(Cc1ccnc2ccccc12)c1cccc(I)c1. The summed E-state index contributed by atoms with van der Waals surface area (Å²) in [6.07, 6.45) is 2.86. The van der Waals surface area contributed by atoms with Crippen LogP contribution in [-0.2, 0) is 6.42 Å². The highest BCUT2D eigenvalue weighted by Gasteiger charge is 2.12. The first-order valence-corrected chi connectivity index (χ1v) is 8.11. The minimum absolute atomic E-state index is 0.311. The molecule has 0 fully saturated rings. The van der Waals surface area contributed by atoms with E-state index in [0.29, 0.717) is 6.04 Å². The molecule has 0 saturated heterocycles. The zero-order chi connectivity index (χ0) is 14.7. The van der Waals surface area contributed by atoms with Gasteiger partial charge in [-0.05, 0) is 71.5 Å². The first kappa shape index (κ1) is 14.5. The molecule has 1 aromatic heterocycles. The maximum atomic E-state index is 4.44. The van der Waals surface area contributed by atoms with Crippen LogP contribution in [0.25, 0.3) is 10.9 Å². The molecule has 21 heavy (non-hydrogen) atoms. The van der Waals surface area contributed by atoms with Crippen LogP contribution in [0.1, 0.15) is 17.2 Å². The molecule has 0 amide bonds. The van der Waals surface area contributed by atoms with Crippen LogP contribution in [0.5, 0.6) is 0 Å². The maximum absolute atomic E-state index is 4.44. The molecule has 3 rings (SSSR count). The Kier molecular flexibility index (Phi) is 4.51. The molecular formula is C18H17IN2. The van der Waals surface area contributed by atoms with Crippen molar-refractivity contribution in [3.05, 3.63) is 75.5 Å². The summed E-state index contributed by atoms with van der Waals surface area (Å²) >= 11 is 2.36. The van der Waals surface area contributed by atoms with E-state index in [-0.39, 0.29) is 0 Å². The van der Waals surface area contributed by atoms with Gasteiger partial charge >= 0.3 is 0 Å². The summed E-state index contributed by atoms with van der Waals surface area (Å²) in [6.45, 7) is 0. The predicted molar refractivity (Wildman–Crippen MR) is 96.4 cm³/mol. The normalized spacial score (nSPS) is 12.5. The summed E-state index contributed by atoms with van der Waals surface area (Å²) in [5.74, 6) is 0. The number of halogens is 1. The largest absolute Gasteiger partial charge is 0.313 e. The second-order valence-electron chi connectivity index (χ2n) is 5.09. The maximum Gasteiger partial charge on any atom is 0.0704 e. The van der Waals surface area contributed by atoms with Crippen molar-refractivity contribution >= 4 is 33.5 Å². The first-order valence-electron chi connectivity index (χ1n) is 7.03. The van der Waals surface area contributed by atoms with Crippen LogP contribution in [0.4, 0.5) is 0 Å². The van der Waals surface area contributed by atoms with E-state index in [0.717, 1.165) is 11.9 Å². The second kappa shape index (κ2) is 6.54. The minimum Gasteiger partial charge on any atom is -0.313 e. The van der Waals surface area contributed by atoms with Gasteiger partial charge in [0.05, 0.1) is 5.52 Å². The van der Waals surface area contributed by atoms with Crippen LogP contribution in [-0.4, -0.2) is 12.0 Å². The van der Waals surface area contributed by atoms with E-state index in [1.165, 1.54) is 20.1 Å². The summed E-state index contributed by atoms with van der Waals surface area (Å²) in [4.78, 5) is 4.44. The molecular weight excluding hydrogens is 371 g/mol. The second-order valence-corrected chi connectivity index (χ2v) is 6.33. The summed E-state index contributed by atoms with van der Waals surface area (Å²) in [5, 5.41) is 4.68. The van der Waals surface area contributed by atoms with Gasteiger partial charge in [0, 0.05) is 21.2 Å². The van der Waals surface area contributed by atoms with Gasteiger partial charge in [-0.15, -0.1) is 0 Å². The summed E-state index contributed by atoms with van der Waals surface area (Å²) in [7, 11) is 2.02. The van der Waals surface area contributed by atoms with Crippen LogP contribution in [0.15, 0.2) is 60.8 Å². The molecule has 0 saturated carbocycles. The Bertz CT molecular complexity index is 750. The number of fused-ring (bicyclic) bond motifs is 1. The van der Waals surface area contributed by atoms with E-state index < -0.39 is 0 Å². The topological polar surface area (TPSA) is 24.9 Å². The van der Waals surface area contributed by atoms with Crippen molar-refractivity contribution in [2.45, 2.75) is 12.5 Å². The number of rotatable bonds is 4. The summed E-state index contributed by atoms with van der Waals surface area (Å²) in [6, 6.07) is 19.4. The number of likely N-dealkylation sites (N-methyl/N-ethyl adjacent to an activating group) is 1. The number of benzene rings is 2. The van der Waals surface area contributed by atoms with Crippen molar-refractivity contribution in [2.75, 3.05) is 7.05 Å². The van der Waals surface area contributed by atoms with Gasteiger partial charge in [0.1, 0.15) is 0 Å². The molecule has 3 heteroatoms. The van der Waals surface area contributed by atoms with Crippen molar-refractivity contribution in [3.63, 3.8) is 0 Å². The van der Waals surface area contributed by atoms with Crippen molar-refractivity contribution in [1.29, 1.82) is 0 Å². The number of aromatic nitrogens is 1. The fourth-order valence-corrected chi connectivity index (χ4v) is 3.23. The molecule has 2 aromatic carbocycles. The molecule has 3 aromatic rings. The van der Waals surface area contributed by atoms with E-state index in [4.69, 9.17) is 0 Å². The fraction of sp³-hybridized carbons (Fsp3) is 0.167. The van der Waals surface area contributed by atoms with Gasteiger partial charge in [-0.1, -0.05) is 30.3 Å². The number of hydrogen-bond acceptors (Lipinski definition) is 2. The fourth-order valence-electron chi connectivity index (χ4n) is 2.66. The zero-order valence-electron chi connectivity index (χ0n) is 11.9. The number of para-hydroxylation sites is 1. The van der Waals surface area contributed by atoms with Gasteiger partial charge in [-0.3, -0.25) is 4.98 Å². The number of hydrogen-bond donors (Lipinski definition) is 1. The highest BCUT2D eigenvalue weighted by molar-refractivity contribution is 14.1. The predicted octanol–water partition coefficient (Wildman–Crippen LogP) is 4.34. The molecule has 2 nitrogen and oxygen atoms in total. The van der Waals surface area contributed by atoms with Crippen molar-refractivity contribution in [3.8, 4) is 0 Å². The lowest BCUT2D eigenvalue weighted by molar-refractivity contribution is 0.593. The molecule has 1 unspecified atom stereocenters. The lowest BCUT2D eigenvalue weighted by Gasteiger charge is -2.18. The van der Waals surface area contributed by atoms with E-state index in [1.54, 1.807) is 0 Å². The lowest BCUT2D eigenvalue weighted by atomic mass is 9.97. The molecule has 1 N–H and O–H groups in total. The van der Waals surface area contributed by atoms with Gasteiger partial charge < -0.3 is 5.32 Å². The molecule has 1 heterocycles. The highest BCUT2D eigenvalue weighted by atomic mass is 127. The van der Waals surface area contributed by atoms with Gasteiger partial charge in [-0.2, -0.15) is 0 Å². The van der Waals surface area contributed by atoms with E-state index >= 15 is 0 Å². The van der Waals surface area contributed by atoms with Gasteiger partial charge in [-0.25, -0.2) is 0 Å². The van der Waals surface area contributed by atoms with Crippen LogP contribution >= 0.6 is 22.6 Å². The Hall–Kier alpha value is -1.46. The molecule has 0 aliphatic heterocycles. The van der Waals surface area contributed by atoms with Crippen LogP contribution in [0.2, 0.25) is 0 Å². The number of nitrogens with zero attached hydrogens (tertiary/aromatic N) is 1. The van der Waals surface area contributed by atoms with Gasteiger partial charge in [0.15, 0.2) is 0 Å². The van der Waals surface area contributed by atoms with E-state index in [2.05, 4.69) is 81.4 Å². The third-order valence-corrected chi connectivity index (χ3v) is 4.43.